The van der Waals surface area contributed by atoms with Crippen LogP contribution < -0.4 is 5.32 Å². The van der Waals surface area contributed by atoms with Crippen molar-refractivity contribution in [2.24, 2.45) is 0 Å². The molecule has 0 spiro atoms. The Hall–Kier alpha value is -2.65. The summed E-state index contributed by atoms with van der Waals surface area (Å²) in [4.78, 5) is 9.81. The number of H-pyrrole nitrogens is 1. The SMILES string of the molecule is O=[N+]([O-])c1ccc(NCc2nn[nH]n2)c(C(F)F)c1. The lowest BCUT2D eigenvalue weighted by molar-refractivity contribution is -0.385. The minimum absolute atomic E-state index is 0.0774. The first kappa shape index (κ1) is 12.8. The first-order valence-electron chi connectivity index (χ1n) is 5.10. The number of hydrogen-bond acceptors (Lipinski definition) is 6. The molecule has 0 radical (unpaired) electrons. The number of aromatic amines is 1. The van der Waals surface area contributed by atoms with E-state index in [-0.39, 0.29) is 17.9 Å². The number of nitro groups is 1. The lowest BCUT2D eigenvalue weighted by Gasteiger charge is -2.09. The normalized spacial score (nSPS) is 10.7. The highest BCUT2D eigenvalue weighted by Crippen LogP contribution is 2.30. The van der Waals surface area contributed by atoms with E-state index in [1.165, 1.54) is 6.07 Å². The van der Waals surface area contributed by atoms with Crippen LogP contribution in [0.25, 0.3) is 0 Å². The van der Waals surface area contributed by atoms with Crippen LogP contribution in [0.5, 0.6) is 0 Å². The van der Waals surface area contributed by atoms with Crippen molar-refractivity contribution in [2.45, 2.75) is 13.0 Å². The van der Waals surface area contributed by atoms with Gasteiger partial charge in [0.05, 0.1) is 11.5 Å². The number of nitro benzene ring substituents is 1. The Labute approximate surface area is 105 Å². The molecule has 1 aromatic heterocycles. The molecule has 0 fully saturated rings. The number of tetrazole rings is 1. The summed E-state index contributed by atoms with van der Waals surface area (Å²) in [5.41, 5.74) is -0.747. The summed E-state index contributed by atoms with van der Waals surface area (Å²) in [5.74, 6) is 0.290. The lowest BCUT2D eigenvalue weighted by atomic mass is 10.1. The average molecular weight is 270 g/mol. The predicted octanol–water partition coefficient (Wildman–Crippen LogP) is 1.66. The molecule has 10 heteroatoms. The van der Waals surface area contributed by atoms with Crippen LogP contribution in [-0.4, -0.2) is 25.5 Å². The van der Waals surface area contributed by atoms with Crippen LogP contribution in [0.2, 0.25) is 0 Å². The summed E-state index contributed by atoms with van der Waals surface area (Å²) in [6, 6.07) is 3.20. The minimum atomic E-state index is -2.83. The largest absolute Gasteiger partial charge is 0.377 e. The van der Waals surface area contributed by atoms with Crippen molar-refractivity contribution in [3.63, 3.8) is 0 Å². The zero-order valence-corrected chi connectivity index (χ0v) is 9.38. The topological polar surface area (TPSA) is 110 Å². The molecule has 0 saturated heterocycles. The number of non-ortho nitro benzene ring substituents is 1. The van der Waals surface area contributed by atoms with Crippen LogP contribution in [0, 0.1) is 10.1 Å². The molecule has 0 bridgehead atoms. The molecule has 1 heterocycles. The Morgan fingerprint density at radius 2 is 2.26 bits per heavy atom. The highest BCUT2D eigenvalue weighted by molar-refractivity contribution is 5.56. The Balaban J connectivity index is 2.21. The predicted molar refractivity (Wildman–Crippen MR) is 59.6 cm³/mol. The van der Waals surface area contributed by atoms with Gasteiger partial charge in [0.25, 0.3) is 12.1 Å². The van der Waals surface area contributed by atoms with Gasteiger partial charge in [-0.05, 0) is 6.07 Å². The van der Waals surface area contributed by atoms with Crippen molar-refractivity contribution < 1.29 is 13.7 Å². The second-order valence-corrected chi connectivity index (χ2v) is 3.51. The quantitative estimate of drug-likeness (QED) is 0.631. The number of rotatable bonds is 5. The molecule has 2 aromatic rings. The van der Waals surface area contributed by atoms with Crippen LogP contribution in [0.3, 0.4) is 0 Å². The van der Waals surface area contributed by atoms with Crippen molar-refractivity contribution in [3.8, 4) is 0 Å². The number of aromatic nitrogens is 4. The summed E-state index contributed by atoms with van der Waals surface area (Å²) in [6.45, 7) is 0.0774. The third-order valence-electron chi connectivity index (χ3n) is 2.31. The minimum Gasteiger partial charge on any atom is -0.377 e. The van der Waals surface area contributed by atoms with Crippen molar-refractivity contribution >= 4 is 11.4 Å². The summed E-state index contributed by atoms with van der Waals surface area (Å²) in [5, 5.41) is 26.0. The van der Waals surface area contributed by atoms with Crippen LogP contribution in [0.4, 0.5) is 20.2 Å². The smallest absolute Gasteiger partial charge is 0.270 e. The molecule has 0 amide bonds. The van der Waals surface area contributed by atoms with Gasteiger partial charge in [0.1, 0.15) is 0 Å². The molecule has 2 rings (SSSR count). The Bertz CT molecular complexity index is 574. The molecular weight excluding hydrogens is 262 g/mol. The molecule has 8 nitrogen and oxygen atoms in total. The monoisotopic (exact) mass is 270 g/mol. The van der Waals surface area contributed by atoms with E-state index in [9.17, 15) is 18.9 Å². The van der Waals surface area contributed by atoms with Crippen LogP contribution >= 0.6 is 0 Å². The van der Waals surface area contributed by atoms with Gasteiger partial charge in [-0.25, -0.2) is 8.78 Å². The number of halogens is 2. The van der Waals surface area contributed by atoms with Gasteiger partial charge in [0, 0.05) is 23.4 Å². The molecule has 0 unspecified atom stereocenters. The van der Waals surface area contributed by atoms with Gasteiger partial charge in [-0.2, -0.15) is 5.21 Å². The third-order valence-corrected chi connectivity index (χ3v) is 2.31. The maximum atomic E-state index is 12.8. The van der Waals surface area contributed by atoms with Gasteiger partial charge in [0.2, 0.25) is 0 Å². The second kappa shape index (κ2) is 5.33. The van der Waals surface area contributed by atoms with Gasteiger partial charge in [-0.15, -0.1) is 10.2 Å². The van der Waals surface area contributed by atoms with Gasteiger partial charge in [-0.1, -0.05) is 5.21 Å². The number of nitrogens with one attached hydrogen (secondary N) is 2. The first-order chi connectivity index (χ1) is 9.08. The Kier molecular flexibility index (Phi) is 3.59. The molecule has 100 valence electrons. The fourth-order valence-corrected chi connectivity index (χ4v) is 1.44. The number of benzene rings is 1. The maximum Gasteiger partial charge on any atom is 0.270 e. The number of alkyl halides is 2. The zero-order chi connectivity index (χ0) is 13.8. The lowest BCUT2D eigenvalue weighted by Crippen LogP contribution is -2.05. The van der Waals surface area contributed by atoms with Gasteiger partial charge >= 0.3 is 0 Å². The molecular formula is C9H8F2N6O2. The van der Waals surface area contributed by atoms with E-state index in [1.807, 2.05) is 0 Å². The number of nitrogens with zero attached hydrogens (tertiary/aromatic N) is 4. The summed E-state index contributed by atoms with van der Waals surface area (Å²) < 4.78 is 25.6. The molecule has 1 aromatic carbocycles. The van der Waals surface area contributed by atoms with E-state index in [2.05, 4.69) is 25.9 Å². The Morgan fingerprint density at radius 1 is 1.47 bits per heavy atom. The van der Waals surface area contributed by atoms with Crippen molar-refractivity contribution in [2.75, 3.05) is 5.32 Å². The van der Waals surface area contributed by atoms with E-state index in [1.54, 1.807) is 0 Å². The van der Waals surface area contributed by atoms with Crippen molar-refractivity contribution in [3.05, 3.63) is 39.7 Å². The molecule has 2 N–H and O–H groups in total. The van der Waals surface area contributed by atoms with E-state index >= 15 is 0 Å². The van der Waals surface area contributed by atoms with E-state index in [4.69, 9.17) is 0 Å². The fraction of sp³-hybridized carbons (Fsp3) is 0.222. The van der Waals surface area contributed by atoms with Gasteiger partial charge in [0.15, 0.2) is 5.82 Å². The van der Waals surface area contributed by atoms with E-state index in [0.29, 0.717) is 5.82 Å². The Morgan fingerprint density at radius 3 is 2.84 bits per heavy atom. The number of anilines is 1. The maximum absolute atomic E-state index is 12.8. The standard InChI is InChI=1S/C9H8F2N6O2/c10-9(11)6-3-5(17(18)19)1-2-7(6)12-4-8-13-15-16-14-8/h1-3,9,12H,4H2,(H,13,14,15,16). The van der Waals surface area contributed by atoms with Gasteiger partial charge in [-0.3, -0.25) is 10.1 Å². The number of hydrogen-bond donors (Lipinski definition) is 2. The summed E-state index contributed by atoms with van der Waals surface area (Å²) >= 11 is 0. The molecule has 0 aliphatic carbocycles. The van der Waals surface area contributed by atoms with Gasteiger partial charge < -0.3 is 5.32 Å². The van der Waals surface area contributed by atoms with E-state index in [0.717, 1.165) is 12.1 Å². The van der Waals surface area contributed by atoms with Crippen LogP contribution in [0.1, 0.15) is 17.8 Å². The van der Waals surface area contributed by atoms with Crippen molar-refractivity contribution in [1.29, 1.82) is 0 Å². The molecule has 0 atom stereocenters. The van der Waals surface area contributed by atoms with Crippen LogP contribution in [0.15, 0.2) is 18.2 Å². The zero-order valence-electron chi connectivity index (χ0n) is 9.38. The van der Waals surface area contributed by atoms with E-state index < -0.39 is 16.9 Å². The van der Waals surface area contributed by atoms with Crippen molar-refractivity contribution in [1.82, 2.24) is 20.6 Å². The molecule has 0 aliphatic rings. The summed E-state index contributed by atoms with van der Waals surface area (Å²) in [6.07, 6.45) is -2.83. The average Bonchev–Trinajstić information content (AvgIpc) is 2.89. The van der Waals surface area contributed by atoms with Crippen LogP contribution in [-0.2, 0) is 6.54 Å². The first-order valence-corrected chi connectivity index (χ1v) is 5.10. The fourth-order valence-electron chi connectivity index (χ4n) is 1.44. The highest BCUT2D eigenvalue weighted by Gasteiger charge is 2.18. The molecule has 0 aliphatic heterocycles. The third kappa shape index (κ3) is 2.97. The molecule has 19 heavy (non-hydrogen) atoms. The highest BCUT2D eigenvalue weighted by atomic mass is 19.3. The molecule has 0 saturated carbocycles. The summed E-state index contributed by atoms with van der Waals surface area (Å²) in [7, 11) is 0. The second-order valence-electron chi connectivity index (χ2n) is 3.51.